The van der Waals surface area contributed by atoms with Gasteiger partial charge in [0, 0.05) is 19.7 Å². The number of hydrogen-bond acceptors (Lipinski definition) is 4. The molecular formula is C17H18N2O4S. The molecule has 0 spiro atoms. The largest absolute Gasteiger partial charge is 0.419 e. The van der Waals surface area contributed by atoms with E-state index in [1.54, 1.807) is 13.1 Å². The number of benzene rings is 2. The van der Waals surface area contributed by atoms with Crippen LogP contribution in [-0.2, 0) is 23.6 Å². The fraction of sp³-hybridized carbons (Fsp3) is 0.235. The highest BCUT2D eigenvalue weighted by molar-refractivity contribution is 7.89. The Balaban J connectivity index is 1.87. The zero-order valence-corrected chi connectivity index (χ0v) is 14.5. The zero-order chi connectivity index (χ0) is 17.5. The summed E-state index contributed by atoms with van der Waals surface area (Å²) in [5, 5.41) is 0. The monoisotopic (exact) mass is 346 g/mol. The second-order valence-corrected chi connectivity index (χ2v) is 7.57. The van der Waals surface area contributed by atoms with E-state index in [1.807, 2.05) is 32.0 Å². The lowest BCUT2D eigenvalue weighted by atomic mass is 10.1. The molecule has 0 bridgehead atoms. The van der Waals surface area contributed by atoms with Gasteiger partial charge in [0.2, 0.25) is 10.0 Å². The summed E-state index contributed by atoms with van der Waals surface area (Å²) >= 11 is 0. The van der Waals surface area contributed by atoms with Gasteiger partial charge in [0.1, 0.15) is 0 Å². The van der Waals surface area contributed by atoms with Gasteiger partial charge in [0.05, 0.1) is 10.4 Å². The van der Waals surface area contributed by atoms with Crippen LogP contribution >= 0.6 is 0 Å². The molecule has 0 aliphatic heterocycles. The maximum Gasteiger partial charge on any atom is 0.419 e. The third-order valence-corrected chi connectivity index (χ3v) is 5.51. The van der Waals surface area contributed by atoms with E-state index in [-0.39, 0.29) is 17.0 Å². The number of aryl methyl sites for hydroxylation is 3. The molecule has 6 nitrogen and oxygen atoms in total. The molecular weight excluding hydrogens is 328 g/mol. The van der Waals surface area contributed by atoms with Crippen molar-refractivity contribution in [3.63, 3.8) is 0 Å². The second-order valence-electron chi connectivity index (χ2n) is 5.80. The molecule has 0 saturated heterocycles. The summed E-state index contributed by atoms with van der Waals surface area (Å²) in [6.07, 6.45) is 0. The Morgan fingerprint density at radius 3 is 2.54 bits per heavy atom. The van der Waals surface area contributed by atoms with Crippen LogP contribution in [0.3, 0.4) is 0 Å². The molecule has 7 heteroatoms. The number of sulfonamides is 1. The smallest absolute Gasteiger partial charge is 0.408 e. The number of fused-ring (bicyclic) bond motifs is 1. The van der Waals surface area contributed by atoms with Crippen LogP contribution in [0.4, 0.5) is 0 Å². The van der Waals surface area contributed by atoms with Gasteiger partial charge in [0.15, 0.2) is 5.58 Å². The van der Waals surface area contributed by atoms with Crippen molar-refractivity contribution in [2.45, 2.75) is 25.3 Å². The van der Waals surface area contributed by atoms with E-state index >= 15 is 0 Å². The molecule has 0 radical (unpaired) electrons. The minimum absolute atomic E-state index is 0.0631. The van der Waals surface area contributed by atoms with Gasteiger partial charge >= 0.3 is 5.76 Å². The Kier molecular flexibility index (Phi) is 4.06. The zero-order valence-electron chi connectivity index (χ0n) is 13.7. The lowest BCUT2D eigenvalue weighted by Gasteiger charge is -2.08. The molecule has 0 atom stereocenters. The van der Waals surface area contributed by atoms with Crippen LogP contribution < -0.4 is 10.5 Å². The molecule has 3 rings (SSSR count). The molecule has 1 aromatic heterocycles. The van der Waals surface area contributed by atoms with Gasteiger partial charge < -0.3 is 4.42 Å². The minimum atomic E-state index is -3.70. The molecule has 24 heavy (non-hydrogen) atoms. The fourth-order valence-electron chi connectivity index (χ4n) is 2.46. The van der Waals surface area contributed by atoms with Gasteiger partial charge in [-0.05, 0) is 42.7 Å². The highest BCUT2D eigenvalue weighted by Gasteiger charge is 2.16. The Morgan fingerprint density at radius 1 is 1.08 bits per heavy atom. The summed E-state index contributed by atoms with van der Waals surface area (Å²) in [7, 11) is -2.13. The first-order valence-corrected chi connectivity index (χ1v) is 8.91. The van der Waals surface area contributed by atoms with Gasteiger partial charge in [-0.25, -0.2) is 17.9 Å². The van der Waals surface area contributed by atoms with Crippen LogP contribution in [0.1, 0.15) is 16.7 Å². The molecule has 2 aromatic carbocycles. The molecule has 0 aliphatic rings. The van der Waals surface area contributed by atoms with E-state index in [0.717, 1.165) is 16.7 Å². The molecule has 0 aliphatic carbocycles. The second kappa shape index (κ2) is 5.92. The molecule has 0 unspecified atom stereocenters. The minimum Gasteiger partial charge on any atom is -0.408 e. The summed E-state index contributed by atoms with van der Waals surface area (Å²) in [5.74, 6) is -0.525. The van der Waals surface area contributed by atoms with Crippen LogP contribution in [0.15, 0.2) is 50.5 Å². The summed E-state index contributed by atoms with van der Waals surface area (Å²) in [5.41, 5.74) is 3.95. The Bertz CT molecular complexity index is 1080. The summed E-state index contributed by atoms with van der Waals surface area (Å²) < 4.78 is 33.8. The number of nitrogens with one attached hydrogen (secondary N) is 1. The normalized spacial score (nSPS) is 12.0. The topological polar surface area (TPSA) is 81.3 Å². The van der Waals surface area contributed by atoms with Crippen molar-refractivity contribution < 1.29 is 12.8 Å². The van der Waals surface area contributed by atoms with Crippen molar-refractivity contribution in [1.29, 1.82) is 0 Å². The average molecular weight is 346 g/mol. The lowest BCUT2D eigenvalue weighted by molar-refractivity contribution is 0.527. The number of nitrogens with zero attached hydrogens (tertiary/aromatic N) is 1. The first-order valence-electron chi connectivity index (χ1n) is 7.43. The first-order chi connectivity index (χ1) is 11.3. The Labute approximate surface area is 139 Å². The van der Waals surface area contributed by atoms with Crippen molar-refractivity contribution in [2.75, 3.05) is 0 Å². The lowest BCUT2D eigenvalue weighted by Crippen LogP contribution is -2.23. The van der Waals surface area contributed by atoms with Crippen LogP contribution in [0.25, 0.3) is 11.1 Å². The van der Waals surface area contributed by atoms with Crippen LogP contribution in [0.2, 0.25) is 0 Å². The highest BCUT2D eigenvalue weighted by Crippen LogP contribution is 2.18. The quantitative estimate of drug-likeness (QED) is 0.785. The Morgan fingerprint density at radius 2 is 1.83 bits per heavy atom. The molecule has 126 valence electrons. The van der Waals surface area contributed by atoms with Crippen molar-refractivity contribution in [1.82, 2.24) is 9.29 Å². The first kappa shape index (κ1) is 16.5. The number of rotatable bonds is 4. The number of aromatic nitrogens is 1. The van der Waals surface area contributed by atoms with Crippen LogP contribution in [0, 0.1) is 13.8 Å². The molecule has 3 aromatic rings. The molecule has 0 saturated carbocycles. The van der Waals surface area contributed by atoms with Crippen LogP contribution in [-0.4, -0.2) is 13.0 Å². The van der Waals surface area contributed by atoms with Gasteiger partial charge in [0.25, 0.3) is 0 Å². The van der Waals surface area contributed by atoms with E-state index in [4.69, 9.17) is 4.42 Å². The predicted octanol–water partition coefficient (Wildman–Crippen LogP) is 2.23. The van der Waals surface area contributed by atoms with Gasteiger partial charge in [-0.3, -0.25) is 4.57 Å². The molecule has 0 fully saturated rings. The van der Waals surface area contributed by atoms with Crippen molar-refractivity contribution in [2.24, 2.45) is 7.05 Å². The summed E-state index contributed by atoms with van der Waals surface area (Å²) in [6.45, 7) is 4.19. The third kappa shape index (κ3) is 3.00. The highest BCUT2D eigenvalue weighted by atomic mass is 32.2. The van der Waals surface area contributed by atoms with Crippen molar-refractivity contribution in [3.05, 3.63) is 63.6 Å². The molecule has 1 N–H and O–H groups in total. The van der Waals surface area contributed by atoms with Gasteiger partial charge in [-0.2, -0.15) is 0 Å². The molecule has 1 heterocycles. The van der Waals surface area contributed by atoms with E-state index in [1.165, 1.54) is 16.7 Å². The fourth-order valence-corrected chi connectivity index (χ4v) is 3.49. The van der Waals surface area contributed by atoms with E-state index in [0.29, 0.717) is 5.52 Å². The average Bonchev–Trinajstić information content (AvgIpc) is 2.83. The Hall–Kier alpha value is -2.38. The van der Waals surface area contributed by atoms with Crippen LogP contribution in [0.5, 0.6) is 0 Å². The maximum absolute atomic E-state index is 12.5. The third-order valence-electron chi connectivity index (χ3n) is 4.11. The van der Waals surface area contributed by atoms with Gasteiger partial charge in [-0.1, -0.05) is 18.2 Å². The maximum atomic E-state index is 12.5. The van der Waals surface area contributed by atoms with E-state index < -0.39 is 15.8 Å². The SMILES string of the molecule is Cc1ccc(CNS(=O)(=O)c2ccc3c(c2)oc(=O)n3C)cc1C. The molecule has 0 amide bonds. The van der Waals surface area contributed by atoms with E-state index in [9.17, 15) is 13.2 Å². The van der Waals surface area contributed by atoms with Gasteiger partial charge in [-0.15, -0.1) is 0 Å². The summed E-state index contributed by atoms with van der Waals surface area (Å²) in [4.78, 5) is 11.6. The number of hydrogen-bond donors (Lipinski definition) is 1. The van der Waals surface area contributed by atoms with E-state index in [2.05, 4.69) is 4.72 Å². The summed E-state index contributed by atoms with van der Waals surface area (Å²) in [6, 6.07) is 10.2. The standard InChI is InChI=1S/C17H18N2O4S/c1-11-4-5-13(8-12(11)2)10-18-24(21,22)14-6-7-15-16(9-14)23-17(20)19(15)3/h4-9,18H,10H2,1-3H3. The van der Waals surface area contributed by atoms with Crippen molar-refractivity contribution in [3.8, 4) is 0 Å². The van der Waals surface area contributed by atoms with Crippen molar-refractivity contribution >= 4 is 21.1 Å². The number of oxazole rings is 1. The predicted molar refractivity (Wildman–Crippen MR) is 91.4 cm³/mol.